The number of aromatic nitrogens is 3. The molecule has 2 amide bonds. The van der Waals surface area contributed by atoms with Gasteiger partial charge in [0.05, 0.1) is 15.9 Å². The van der Waals surface area contributed by atoms with E-state index in [0.29, 0.717) is 44.3 Å². The third-order valence-corrected chi connectivity index (χ3v) is 5.35. The topological polar surface area (TPSA) is 100 Å². The lowest BCUT2D eigenvalue weighted by Crippen LogP contribution is -2.28. The molecule has 160 valence electrons. The Morgan fingerprint density at radius 2 is 2.10 bits per heavy atom. The molecule has 0 aliphatic heterocycles. The van der Waals surface area contributed by atoms with Crippen LogP contribution in [0.15, 0.2) is 55.0 Å². The lowest BCUT2D eigenvalue weighted by atomic mass is 10.0. The number of benzene rings is 1. The molecule has 3 N–H and O–H groups in total. The molecule has 4 aromatic rings. The average molecular weight is 440 g/mol. The van der Waals surface area contributed by atoms with Gasteiger partial charge in [0.25, 0.3) is 0 Å². The largest absolute Gasteiger partial charge is 0.382 e. The van der Waals surface area contributed by atoms with Gasteiger partial charge in [-0.05, 0) is 31.2 Å². The van der Waals surface area contributed by atoms with E-state index >= 15 is 0 Å². The van der Waals surface area contributed by atoms with Crippen LogP contribution in [0, 0.1) is 5.82 Å². The van der Waals surface area contributed by atoms with E-state index in [1.165, 1.54) is 23.6 Å². The van der Waals surface area contributed by atoms with Crippen molar-refractivity contribution in [3.05, 3.63) is 72.1 Å². The Kier molecular flexibility index (Phi) is 6.88. The van der Waals surface area contributed by atoms with E-state index in [4.69, 9.17) is 0 Å². The predicted octanol–water partition coefficient (Wildman–Crippen LogP) is 4.75. The molecule has 31 heavy (non-hydrogen) atoms. The van der Waals surface area contributed by atoms with Gasteiger partial charge in [-0.2, -0.15) is 0 Å². The fourth-order valence-electron chi connectivity index (χ4n) is 2.96. The number of aliphatic hydroxyl groups excluding tert-OH is 1. The third-order valence-electron chi connectivity index (χ3n) is 4.41. The van der Waals surface area contributed by atoms with Gasteiger partial charge in [-0.25, -0.2) is 14.2 Å². The number of aliphatic hydroxyl groups is 1. The van der Waals surface area contributed by atoms with Gasteiger partial charge in [0.2, 0.25) is 0 Å². The number of carbonyl (C=O) groups is 1. The Hall–Kier alpha value is -3.43. The minimum Gasteiger partial charge on any atom is -0.382 e. The molecule has 9 heteroatoms. The number of hydrogen-bond acceptors (Lipinski definition) is 6. The summed E-state index contributed by atoms with van der Waals surface area (Å²) >= 11 is 1.20. The maximum Gasteiger partial charge on any atom is 0.321 e. The van der Waals surface area contributed by atoms with Crippen LogP contribution in [0.4, 0.5) is 14.3 Å². The van der Waals surface area contributed by atoms with Crippen LogP contribution in [0.2, 0.25) is 0 Å². The van der Waals surface area contributed by atoms with Crippen molar-refractivity contribution in [2.24, 2.45) is 0 Å². The second kappa shape index (κ2) is 9.59. The molecule has 0 radical (unpaired) electrons. The van der Waals surface area contributed by atoms with Gasteiger partial charge < -0.3 is 10.4 Å². The van der Waals surface area contributed by atoms with Crippen molar-refractivity contribution in [2.75, 3.05) is 11.9 Å². The molecule has 3 heterocycles. The number of anilines is 1. The van der Waals surface area contributed by atoms with Crippen LogP contribution in [-0.2, 0) is 0 Å². The van der Waals surface area contributed by atoms with E-state index in [9.17, 15) is 14.3 Å². The number of amides is 2. The number of nitrogens with zero attached hydrogens (tertiary/aromatic N) is 3. The molecule has 0 bridgehead atoms. The molecule has 0 saturated heterocycles. The summed E-state index contributed by atoms with van der Waals surface area (Å²) < 4.78 is 15.3. The summed E-state index contributed by atoms with van der Waals surface area (Å²) in [6, 6.07) is 9.51. The highest BCUT2D eigenvalue weighted by molar-refractivity contribution is 7.22. The van der Waals surface area contributed by atoms with Crippen molar-refractivity contribution in [2.45, 2.75) is 20.5 Å². The average Bonchev–Trinajstić information content (AvgIpc) is 3.14. The van der Waals surface area contributed by atoms with E-state index < -0.39 is 11.9 Å². The summed E-state index contributed by atoms with van der Waals surface area (Å²) in [5.41, 5.74) is 2.54. The number of fused-ring (bicyclic) bond motifs is 1. The highest BCUT2D eigenvalue weighted by atomic mass is 32.1. The zero-order valence-corrected chi connectivity index (χ0v) is 16.8. The summed E-state index contributed by atoms with van der Waals surface area (Å²) in [6.07, 6.45) is 3.80. The van der Waals surface area contributed by atoms with Crippen molar-refractivity contribution in [3.8, 4) is 11.1 Å². The van der Waals surface area contributed by atoms with E-state index in [1.807, 2.05) is 6.92 Å². The Balaban J connectivity index is 0.00000272. The number of pyridine rings is 2. The molecule has 3 aromatic heterocycles. The van der Waals surface area contributed by atoms with Crippen molar-refractivity contribution in [3.63, 3.8) is 0 Å². The summed E-state index contributed by atoms with van der Waals surface area (Å²) in [4.78, 5) is 24.3. The molecule has 0 fully saturated rings. The number of rotatable bonds is 5. The molecular weight excluding hydrogens is 417 g/mol. The number of halogens is 1. The fraction of sp³-hybridized carbons (Fsp3) is 0.182. The van der Waals surface area contributed by atoms with Crippen molar-refractivity contribution >= 4 is 32.7 Å². The summed E-state index contributed by atoms with van der Waals surface area (Å²) in [6.45, 7) is 2.31. The van der Waals surface area contributed by atoms with Gasteiger partial charge in [-0.3, -0.25) is 15.3 Å². The predicted molar refractivity (Wildman–Crippen MR) is 121 cm³/mol. The summed E-state index contributed by atoms with van der Waals surface area (Å²) in [7, 11) is 0. The lowest BCUT2D eigenvalue weighted by molar-refractivity contribution is 0.215. The first kappa shape index (κ1) is 22.3. The number of nitrogens with one attached hydrogen (secondary N) is 2. The lowest BCUT2D eigenvalue weighted by Gasteiger charge is -2.11. The third kappa shape index (κ3) is 4.84. The SMILES string of the molecule is C.CCNC(=O)Nc1nc2cc(-c3ccc(C(O)c4cccnc4)nc3)c(F)cc2s1. The normalized spacial score (nSPS) is 11.6. The molecular formula is C22H22FN5O2S. The van der Waals surface area contributed by atoms with Crippen molar-refractivity contribution < 1.29 is 14.3 Å². The van der Waals surface area contributed by atoms with Gasteiger partial charge in [0.15, 0.2) is 5.13 Å². The second-order valence-electron chi connectivity index (χ2n) is 6.46. The van der Waals surface area contributed by atoms with Crippen LogP contribution < -0.4 is 10.6 Å². The molecule has 1 aromatic carbocycles. The minimum absolute atomic E-state index is 0. The van der Waals surface area contributed by atoms with Crippen LogP contribution in [0.5, 0.6) is 0 Å². The Morgan fingerprint density at radius 1 is 1.26 bits per heavy atom. The molecule has 0 aliphatic carbocycles. The highest BCUT2D eigenvalue weighted by Gasteiger charge is 2.15. The van der Waals surface area contributed by atoms with Gasteiger partial charge in [0.1, 0.15) is 11.9 Å². The van der Waals surface area contributed by atoms with Crippen LogP contribution in [0.25, 0.3) is 21.3 Å². The zero-order chi connectivity index (χ0) is 21.1. The van der Waals surface area contributed by atoms with Crippen molar-refractivity contribution in [1.82, 2.24) is 20.3 Å². The van der Waals surface area contributed by atoms with Crippen LogP contribution in [0.3, 0.4) is 0 Å². The van der Waals surface area contributed by atoms with Gasteiger partial charge in [-0.15, -0.1) is 0 Å². The molecule has 0 aliphatic rings. The first-order chi connectivity index (χ1) is 14.5. The van der Waals surface area contributed by atoms with Gasteiger partial charge >= 0.3 is 6.03 Å². The Morgan fingerprint density at radius 3 is 2.77 bits per heavy atom. The second-order valence-corrected chi connectivity index (χ2v) is 7.49. The summed E-state index contributed by atoms with van der Waals surface area (Å²) in [5, 5.41) is 16.1. The molecule has 0 spiro atoms. The van der Waals surface area contributed by atoms with Gasteiger partial charge in [0, 0.05) is 41.8 Å². The molecule has 0 saturated carbocycles. The van der Waals surface area contributed by atoms with E-state index in [1.54, 1.807) is 42.7 Å². The van der Waals surface area contributed by atoms with Crippen LogP contribution in [-0.4, -0.2) is 32.6 Å². The number of urea groups is 1. The van der Waals surface area contributed by atoms with Crippen LogP contribution >= 0.6 is 11.3 Å². The quantitative estimate of drug-likeness (QED) is 0.417. The number of thiazole rings is 1. The van der Waals surface area contributed by atoms with E-state index in [0.717, 1.165) is 0 Å². The smallest absolute Gasteiger partial charge is 0.321 e. The maximum absolute atomic E-state index is 14.7. The molecule has 7 nitrogen and oxygen atoms in total. The first-order valence-electron chi connectivity index (χ1n) is 9.24. The number of hydrogen-bond donors (Lipinski definition) is 3. The van der Waals surface area contributed by atoms with E-state index in [2.05, 4.69) is 25.6 Å². The maximum atomic E-state index is 14.7. The van der Waals surface area contributed by atoms with Crippen LogP contribution in [0.1, 0.15) is 31.7 Å². The van der Waals surface area contributed by atoms with E-state index in [-0.39, 0.29) is 13.5 Å². The molecule has 1 unspecified atom stereocenters. The number of carbonyl (C=O) groups excluding carboxylic acids is 1. The van der Waals surface area contributed by atoms with Gasteiger partial charge in [-0.1, -0.05) is 30.9 Å². The zero-order valence-electron chi connectivity index (χ0n) is 16.0. The monoisotopic (exact) mass is 439 g/mol. The minimum atomic E-state index is -0.915. The summed E-state index contributed by atoms with van der Waals surface area (Å²) in [5.74, 6) is -0.418. The standard InChI is InChI=1S/C21H18FN5O2S.CH4/c1-2-24-20(29)27-21-26-17-8-14(15(22)9-18(17)30-21)12-5-6-16(25-11-12)19(28)13-4-3-7-23-10-13;/h3-11,19,28H,2H2,1H3,(H2,24,26,27,29);1H4. The fourth-order valence-corrected chi connectivity index (χ4v) is 3.83. The Labute approximate surface area is 183 Å². The first-order valence-corrected chi connectivity index (χ1v) is 10.1. The Bertz CT molecular complexity index is 1180. The molecule has 1 atom stereocenters. The van der Waals surface area contributed by atoms with Crippen molar-refractivity contribution in [1.29, 1.82) is 0 Å². The molecule has 4 rings (SSSR count). The highest BCUT2D eigenvalue weighted by Crippen LogP contribution is 2.32.